The lowest BCUT2D eigenvalue weighted by atomic mass is 10.0. The van der Waals surface area contributed by atoms with Crippen LogP contribution in [0.5, 0.6) is 5.75 Å². The van der Waals surface area contributed by atoms with Crippen molar-refractivity contribution in [3.63, 3.8) is 0 Å². The van der Waals surface area contributed by atoms with E-state index >= 15 is 0 Å². The predicted molar refractivity (Wildman–Crippen MR) is 107 cm³/mol. The van der Waals surface area contributed by atoms with Crippen molar-refractivity contribution in [1.29, 1.82) is 0 Å². The van der Waals surface area contributed by atoms with Gasteiger partial charge in [0.15, 0.2) is 5.11 Å². The van der Waals surface area contributed by atoms with Crippen LogP contribution in [0.15, 0.2) is 58.1 Å². The topological polar surface area (TPSA) is 59.6 Å². The Labute approximate surface area is 156 Å². The molecular weight excluding hydrogens is 386 g/mol. The Morgan fingerprint density at radius 3 is 2.33 bits per heavy atom. The molecule has 3 N–H and O–H groups in total. The van der Waals surface area contributed by atoms with E-state index in [2.05, 4.69) is 52.4 Å². The normalized spacial score (nSPS) is 11.4. The van der Waals surface area contributed by atoms with Crippen molar-refractivity contribution in [3.05, 3.63) is 64.1 Å². The van der Waals surface area contributed by atoms with E-state index in [0.717, 1.165) is 15.8 Å². The summed E-state index contributed by atoms with van der Waals surface area (Å²) in [6, 6.07) is 15.9. The van der Waals surface area contributed by atoms with E-state index < -0.39 is 0 Å². The van der Waals surface area contributed by atoms with Crippen molar-refractivity contribution in [3.8, 4) is 5.75 Å². The van der Waals surface area contributed by atoms with Gasteiger partial charge in [0.1, 0.15) is 18.1 Å². The zero-order valence-electron chi connectivity index (χ0n) is 13.6. The van der Waals surface area contributed by atoms with Crippen molar-refractivity contribution in [2.24, 2.45) is 10.8 Å². The highest BCUT2D eigenvalue weighted by Crippen LogP contribution is 2.19. The minimum atomic E-state index is 0.117. The molecule has 2 rings (SSSR count). The first kappa shape index (κ1) is 18.4. The fraction of sp³-hybridized carbons (Fsp3) is 0.222. The average molecular weight is 406 g/mol. The van der Waals surface area contributed by atoms with Gasteiger partial charge in [0.2, 0.25) is 0 Å². The van der Waals surface area contributed by atoms with Crippen LogP contribution < -0.4 is 15.9 Å². The fourth-order valence-corrected chi connectivity index (χ4v) is 2.36. The van der Waals surface area contributed by atoms with Crippen molar-refractivity contribution in [1.82, 2.24) is 5.43 Å². The molecule has 0 aliphatic rings. The molecule has 0 amide bonds. The summed E-state index contributed by atoms with van der Waals surface area (Å²) in [5, 5.41) is 4.36. The second-order valence-corrected chi connectivity index (χ2v) is 6.91. The third-order valence-electron chi connectivity index (χ3n) is 3.40. The standard InChI is InChI=1S/C18H20BrN3OS/c1-12(2)13-5-9-16(10-6-13)23-11-17(21-22-18(20)24)14-3-7-15(19)8-4-14/h3-10,12H,11H2,1-2H3,(H3,20,22,24)/b21-17+. The Morgan fingerprint density at radius 2 is 1.79 bits per heavy atom. The van der Waals surface area contributed by atoms with Crippen LogP contribution in [0, 0.1) is 0 Å². The van der Waals surface area contributed by atoms with E-state index in [0.29, 0.717) is 18.2 Å². The quantitative estimate of drug-likeness (QED) is 0.429. The van der Waals surface area contributed by atoms with Crippen molar-refractivity contribution in [2.75, 3.05) is 6.61 Å². The minimum absolute atomic E-state index is 0.117. The van der Waals surface area contributed by atoms with Gasteiger partial charge < -0.3 is 10.5 Å². The van der Waals surface area contributed by atoms with Crippen LogP contribution in [0.25, 0.3) is 0 Å². The van der Waals surface area contributed by atoms with Crippen LogP contribution in [0.2, 0.25) is 0 Å². The lowest BCUT2D eigenvalue weighted by molar-refractivity contribution is 0.376. The third-order valence-corrected chi connectivity index (χ3v) is 4.02. The van der Waals surface area contributed by atoms with E-state index in [1.807, 2.05) is 36.4 Å². The van der Waals surface area contributed by atoms with Crippen LogP contribution in [0.1, 0.15) is 30.9 Å². The van der Waals surface area contributed by atoms with Gasteiger partial charge in [-0.1, -0.05) is 54.0 Å². The molecule has 0 aromatic heterocycles. The van der Waals surface area contributed by atoms with Crippen LogP contribution in [0.4, 0.5) is 0 Å². The first-order valence-corrected chi connectivity index (χ1v) is 8.76. The lowest BCUT2D eigenvalue weighted by Crippen LogP contribution is -2.27. The first-order chi connectivity index (χ1) is 11.5. The van der Waals surface area contributed by atoms with Crippen LogP contribution in [-0.2, 0) is 0 Å². The summed E-state index contributed by atoms with van der Waals surface area (Å²) >= 11 is 8.24. The molecule has 2 aromatic rings. The molecule has 0 spiro atoms. The van der Waals surface area contributed by atoms with Gasteiger partial charge >= 0.3 is 0 Å². The maximum Gasteiger partial charge on any atom is 0.184 e. The number of nitrogens with one attached hydrogen (secondary N) is 1. The Morgan fingerprint density at radius 1 is 1.17 bits per heavy atom. The maximum atomic E-state index is 5.85. The largest absolute Gasteiger partial charge is 0.487 e. The molecule has 24 heavy (non-hydrogen) atoms. The van der Waals surface area contributed by atoms with Gasteiger partial charge in [-0.15, -0.1) is 0 Å². The van der Waals surface area contributed by atoms with Crippen molar-refractivity contribution in [2.45, 2.75) is 19.8 Å². The van der Waals surface area contributed by atoms with E-state index in [1.54, 1.807) is 0 Å². The highest BCUT2D eigenvalue weighted by Gasteiger charge is 2.07. The maximum absolute atomic E-state index is 5.85. The van der Waals surface area contributed by atoms with Crippen molar-refractivity contribution >= 4 is 39.0 Å². The van der Waals surface area contributed by atoms with Gasteiger partial charge in [0.05, 0.1) is 0 Å². The summed E-state index contributed by atoms with van der Waals surface area (Å²) in [6.07, 6.45) is 0. The molecule has 0 aliphatic heterocycles. The van der Waals surface area contributed by atoms with Gasteiger partial charge in [0.25, 0.3) is 0 Å². The molecule has 0 aliphatic carbocycles. The summed E-state index contributed by atoms with van der Waals surface area (Å²) in [5.41, 5.74) is 11.0. The summed E-state index contributed by atoms with van der Waals surface area (Å²) in [7, 11) is 0. The SMILES string of the molecule is CC(C)c1ccc(OC/C(=N\NC(N)=S)c2ccc(Br)cc2)cc1. The second-order valence-electron chi connectivity index (χ2n) is 5.55. The van der Waals surface area contributed by atoms with E-state index in [4.69, 9.17) is 22.7 Å². The molecular formula is C18H20BrN3OS. The van der Waals surface area contributed by atoms with Gasteiger partial charge in [-0.25, -0.2) is 0 Å². The second kappa shape index (κ2) is 8.80. The Balaban J connectivity index is 2.11. The van der Waals surface area contributed by atoms with Gasteiger partial charge in [-0.05, 0) is 48.0 Å². The molecule has 4 nitrogen and oxygen atoms in total. The molecule has 0 bridgehead atoms. The molecule has 0 heterocycles. The van der Waals surface area contributed by atoms with E-state index in [9.17, 15) is 0 Å². The Kier molecular flexibility index (Phi) is 6.75. The number of hydrogen-bond acceptors (Lipinski definition) is 3. The number of benzene rings is 2. The van der Waals surface area contributed by atoms with Gasteiger partial charge in [-0.2, -0.15) is 5.10 Å². The molecule has 0 radical (unpaired) electrons. The number of nitrogens with two attached hydrogens (primary N) is 1. The predicted octanol–water partition coefficient (Wildman–Crippen LogP) is 4.19. The number of halogens is 1. The van der Waals surface area contributed by atoms with Gasteiger partial charge in [0, 0.05) is 10.0 Å². The number of ether oxygens (including phenoxy) is 1. The van der Waals surface area contributed by atoms with Crippen LogP contribution >= 0.6 is 28.1 Å². The number of thiocarbonyl (C=S) groups is 1. The van der Waals surface area contributed by atoms with E-state index in [1.165, 1.54) is 5.56 Å². The average Bonchev–Trinajstić information content (AvgIpc) is 2.56. The minimum Gasteiger partial charge on any atom is -0.487 e. The molecule has 126 valence electrons. The molecule has 0 saturated heterocycles. The first-order valence-electron chi connectivity index (χ1n) is 7.56. The molecule has 0 unspecified atom stereocenters. The highest BCUT2D eigenvalue weighted by atomic mass is 79.9. The molecule has 0 atom stereocenters. The Bertz CT molecular complexity index is 712. The summed E-state index contributed by atoms with van der Waals surface area (Å²) < 4.78 is 6.85. The molecule has 0 fully saturated rings. The molecule has 0 saturated carbocycles. The summed E-state index contributed by atoms with van der Waals surface area (Å²) in [5.74, 6) is 1.29. The number of hydrazone groups is 1. The van der Waals surface area contributed by atoms with E-state index in [-0.39, 0.29) is 5.11 Å². The molecule has 6 heteroatoms. The smallest absolute Gasteiger partial charge is 0.184 e. The number of nitrogens with zero attached hydrogens (tertiary/aromatic N) is 1. The van der Waals surface area contributed by atoms with Gasteiger partial charge in [-0.3, -0.25) is 5.43 Å². The van der Waals surface area contributed by atoms with Crippen molar-refractivity contribution < 1.29 is 4.74 Å². The zero-order valence-corrected chi connectivity index (χ0v) is 16.0. The lowest BCUT2D eigenvalue weighted by Gasteiger charge is -2.11. The monoisotopic (exact) mass is 405 g/mol. The number of hydrogen-bond donors (Lipinski definition) is 2. The summed E-state index contributed by atoms with van der Waals surface area (Å²) in [6.45, 7) is 4.63. The van der Waals surface area contributed by atoms with Crippen LogP contribution in [-0.4, -0.2) is 17.4 Å². The molecule has 2 aromatic carbocycles. The third kappa shape index (κ3) is 5.62. The highest BCUT2D eigenvalue weighted by molar-refractivity contribution is 9.10. The number of rotatable bonds is 6. The Hall–Kier alpha value is -1.92. The zero-order chi connectivity index (χ0) is 17.5. The fourth-order valence-electron chi connectivity index (χ4n) is 2.05. The van der Waals surface area contributed by atoms with Crippen LogP contribution in [0.3, 0.4) is 0 Å². The summed E-state index contributed by atoms with van der Waals surface area (Å²) in [4.78, 5) is 0.